The van der Waals surface area contributed by atoms with E-state index in [1.807, 2.05) is 20.8 Å². The van der Waals surface area contributed by atoms with Crippen LogP contribution >= 0.6 is 0 Å². The normalized spacial score (nSPS) is 13.2. The first-order chi connectivity index (χ1) is 17.5. The second-order valence-electron chi connectivity index (χ2n) is 10.5. The van der Waals surface area contributed by atoms with Gasteiger partial charge in [0.05, 0.1) is 16.7 Å². The predicted octanol–water partition coefficient (Wildman–Crippen LogP) is 7.07. The van der Waals surface area contributed by atoms with Gasteiger partial charge >= 0.3 is 6.03 Å². The summed E-state index contributed by atoms with van der Waals surface area (Å²) in [5.74, 6) is 0.775. The molecule has 0 aliphatic rings. The summed E-state index contributed by atoms with van der Waals surface area (Å²) in [6.45, 7) is 10.3. The second kappa shape index (κ2) is 14.9. The number of Topliss-reactive ketones (excluding diaryl/α,β-unsaturated/α-hetero) is 1. The smallest absolute Gasteiger partial charge is 0.319 e. The maximum absolute atomic E-state index is 13.0. The molecule has 0 saturated carbocycles. The van der Waals surface area contributed by atoms with Gasteiger partial charge in [-0.15, -0.1) is 0 Å². The predicted molar refractivity (Wildman–Crippen MR) is 151 cm³/mol. The fourth-order valence-corrected chi connectivity index (χ4v) is 5.72. The van der Waals surface area contributed by atoms with Gasteiger partial charge in [-0.05, 0) is 61.4 Å². The minimum atomic E-state index is -3.46. The molecule has 0 aliphatic heterocycles. The van der Waals surface area contributed by atoms with E-state index in [9.17, 15) is 18.0 Å². The van der Waals surface area contributed by atoms with E-state index in [2.05, 4.69) is 24.5 Å². The number of amides is 2. The molecule has 0 radical (unpaired) electrons. The Morgan fingerprint density at radius 2 is 1.57 bits per heavy atom. The van der Waals surface area contributed by atoms with Gasteiger partial charge in [-0.1, -0.05) is 83.2 Å². The molecule has 2 amide bonds. The highest BCUT2D eigenvalue weighted by Gasteiger charge is 2.23. The number of carbonyl (C=O) groups is 2. The molecule has 0 heterocycles. The van der Waals surface area contributed by atoms with Crippen molar-refractivity contribution in [1.82, 2.24) is 5.32 Å². The summed E-state index contributed by atoms with van der Waals surface area (Å²) in [7, 11) is -3.46. The van der Waals surface area contributed by atoms with Crippen LogP contribution in [0.15, 0.2) is 53.4 Å². The Labute approximate surface area is 223 Å². The van der Waals surface area contributed by atoms with Crippen LogP contribution in [0.3, 0.4) is 0 Å². The monoisotopic (exact) mass is 528 g/mol. The van der Waals surface area contributed by atoms with Gasteiger partial charge in [0.15, 0.2) is 15.6 Å². The molecule has 2 rings (SSSR count). The SMILES string of the molecule is CCCCC(CC)CCC(=O)[C@@H](CC(C)C)NC(=O)Nc1ccc(CS(=O)(=O)c2ccc(C)cc2)cc1. The molecule has 2 atom stereocenters. The first-order valence-corrected chi connectivity index (χ1v) is 15.2. The highest BCUT2D eigenvalue weighted by atomic mass is 32.2. The summed E-state index contributed by atoms with van der Waals surface area (Å²) < 4.78 is 25.4. The highest BCUT2D eigenvalue weighted by molar-refractivity contribution is 7.90. The molecule has 2 aromatic carbocycles. The van der Waals surface area contributed by atoms with Crippen LogP contribution in [0, 0.1) is 18.8 Å². The zero-order valence-electron chi connectivity index (χ0n) is 23.0. The Morgan fingerprint density at radius 3 is 2.14 bits per heavy atom. The number of nitrogens with one attached hydrogen (secondary N) is 2. The van der Waals surface area contributed by atoms with Gasteiger partial charge in [-0.25, -0.2) is 13.2 Å². The van der Waals surface area contributed by atoms with E-state index in [1.54, 1.807) is 48.5 Å². The van der Waals surface area contributed by atoms with E-state index >= 15 is 0 Å². The van der Waals surface area contributed by atoms with Crippen molar-refractivity contribution in [1.29, 1.82) is 0 Å². The Bertz CT molecular complexity index is 1090. The number of anilines is 1. The number of urea groups is 1. The van der Waals surface area contributed by atoms with Crippen LogP contribution in [-0.4, -0.2) is 26.3 Å². The fourth-order valence-electron chi connectivity index (χ4n) is 4.37. The quantitative estimate of drug-likeness (QED) is 0.259. The number of carbonyl (C=O) groups excluding carboxylic acids is 2. The van der Waals surface area contributed by atoms with Gasteiger partial charge in [-0.3, -0.25) is 4.79 Å². The molecule has 0 aromatic heterocycles. The van der Waals surface area contributed by atoms with Gasteiger partial charge < -0.3 is 10.6 Å². The van der Waals surface area contributed by atoms with Crippen LogP contribution in [-0.2, 0) is 20.4 Å². The van der Waals surface area contributed by atoms with Crippen LogP contribution in [0.4, 0.5) is 10.5 Å². The number of hydrogen-bond donors (Lipinski definition) is 2. The van der Waals surface area contributed by atoms with E-state index in [-0.39, 0.29) is 22.3 Å². The highest BCUT2D eigenvalue weighted by Crippen LogP contribution is 2.21. The third-order valence-corrected chi connectivity index (χ3v) is 8.40. The Balaban J connectivity index is 1.96. The lowest BCUT2D eigenvalue weighted by molar-refractivity contribution is -0.121. The summed E-state index contributed by atoms with van der Waals surface area (Å²) in [6.07, 6.45) is 6.48. The topological polar surface area (TPSA) is 92.3 Å². The number of unbranched alkanes of at least 4 members (excludes halogenated alkanes) is 1. The summed E-state index contributed by atoms with van der Waals surface area (Å²) in [5.41, 5.74) is 2.17. The standard InChI is InChI=1S/C30H44N2O4S/c1-6-8-9-24(7-2)14-19-29(33)28(20-22(3)4)32-30(34)31-26-15-12-25(13-16-26)21-37(35,36)27-17-10-23(5)11-18-27/h10-13,15-18,22,24,28H,6-9,14,19-21H2,1-5H3,(H2,31,32,34)/t24?,28-/m1/s1. The van der Waals surface area contributed by atoms with Crippen LogP contribution in [0.5, 0.6) is 0 Å². The number of rotatable bonds is 15. The molecular weight excluding hydrogens is 484 g/mol. The lowest BCUT2D eigenvalue weighted by Gasteiger charge is -2.21. The van der Waals surface area contributed by atoms with E-state index < -0.39 is 21.9 Å². The Hall–Kier alpha value is -2.67. The average Bonchev–Trinajstić information content (AvgIpc) is 2.84. The lowest BCUT2D eigenvalue weighted by atomic mass is 9.90. The molecule has 2 aromatic rings. The van der Waals surface area contributed by atoms with Gasteiger partial charge in [0.25, 0.3) is 0 Å². The summed E-state index contributed by atoms with van der Waals surface area (Å²) in [4.78, 5) is 26.0. The van der Waals surface area contributed by atoms with Crippen LogP contribution in [0.2, 0.25) is 0 Å². The number of benzene rings is 2. The number of hydrogen-bond acceptors (Lipinski definition) is 4. The zero-order valence-corrected chi connectivity index (χ0v) is 23.9. The van der Waals surface area contributed by atoms with Gasteiger partial charge in [-0.2, -0.15) is 0 Å². The van der Waals surface area contributed by atoms with Gasteiger partial charge in [0.1, 0.15) is 0 Å². The molecular formula is C30H44N2O4S. The van der Waals surface area contributed by atoms with E-state index in [0.717, 1.165) is 31.2 Å². The van der Waals surface area contributed by atoms with Crippen molar-refractivity contribution < 1.29 is 18.0 Å². The number of sulfone groups is 1. The van der Waals surface area contributed by atoms with Crippen molar-refractivity contribution in [3.63, 3.8) is 0 Å². The molecule has 0 bridgehead atoms. The number of ketones is 1. The fraction of sp³-hybridized carbons (Fsp3) is 0.533. The van der Waals surface area contributed by atoms with Crippen molar-refractivity contribution in [3.8, 4) is 0 Å². The third kappa shape index (κ3) is 10.7. The van der Waals surface area contributed by atoms with Gasteiger partial charge in [0, 0.05) is 12.1 Å². The molecule has 0 aliphatic carbocycles. The molecule has 2 N–H and O–H groups in total. The minimum absolute atomic E-state index is 0.0791. The first-order valence-electron chi connectivity index (χ1n) is 13.5. The number of aryl methyl sites for hydroxylation is 1. The Kier molecular flexibility index (Phi) is 12.3. The third-order valence-electron chi connectivity index (χ3n) is 6.69. The summed E-state index contributed by atoms with van der Waals surface area (Å²) >= 11 is 0. The largest absolute Gasteiger partial charge is 0.328 e. The van der Waals surface area contributed by atoms with E-state index in [4.69, 9.17) is 0 Å². The lowest BCUT2D eigenvalue weighted by Crippen LogP contribution is -2.43. The van der Waals surface area contributed by atoms with Crippen LogP contribution in [0.1, 0.15) is 83.8 Å². The maximum Gasteiger partial charge on any atom is 0.319 e. The molecule has 37 heavy (non-hydrogen) atoms. The zero-order chi connectivity index (χ0) is 27.4. The minimum Gasteiger partial charge on any atom is -0.328 e. The summed E-state index contributed by atoms with van der Waals surface area (Å²) in [5, 5.41) is 5.65. The molecule has 0 spiro atoms. The van der Waals surface area contributed by atoms with Crippen molar-refractivity contribution in [2.45, 2.75) is 96.3 Å². The molecule has 6 nitrogen and oxygen atoms in total. The first kappa shape index (κ1) is 30.6. The van der Waals surface area contributed by atoms with Crippen molar-refractivity contribution in [2.75, 3.05) is 5.32 Å². The van der Waals surface area contributed by atoms with E-state index in [1.165, 1.54) is 6.42 Å². The maximum atomic E-state index is 13.0. The molecule has 0 fully saturated rings. The van der Waals surface area contributed by atoms with Crippen LogP contribution in [0.25, 0.3) is 0 Å². The van der Waals surface area contributed by atoms with Gasteiger partial charge in [0.2, 0.25) is 0 Å². The summed E-state index contributed by atoms with van der Waals surface area (Å²) in [6, 6.07) is 12.6. The molecule has 7 heteroatoms. The molecule has 0 saturated heterocycles. The molecule has 204 valence electrons. The second-order valence-corrected chi connectivity index (χ2v) is 12.5. The van der Waals surface area contributed by atoms with Crippen LogP contribution < -0.4 is 10.6 Å². The van der Waals surface area contributed by atoms with Crippen molar-refractivity contribution >= 4 is 27.3 Å². The van der Waals surface area contributed by atoms with Crippen molar-refractivity contribution in [2.24, 2.45) is 11.8 Å². The van der Waals surface area contributed by atoms with E-state index in [0.29, 0.717) is 30.0 Å². The Morgan fingerprint density at radius 1 is 0.919 bits per heavy atom. The van der Waals surface area contributed by atoms with Crippen molar-refractivity contribution in [3.05, 3.63) is 59.7 Å². The molecule has 1 unspecified atom stereocenters. The average molecular weight is 529 g/mol.